The second-order valence-corrected chi connectivity index (χ2v) is 4.98. The molecule has 0 radical (unpaired) electrons. The van der Waals surface area contributed by atoms with Crippen LogP contribution in [0.25, 0.3) is 0 Å². The molecule has 2 aromatic rings. The number of hydrogen-bond acceptors (Lipinski definition) is 5. The van der Waals surface area contributed by atoms with Gasteiger partial charge in [0.25, 0.3) is 11.6 Å². The van der Waals surface area contributed by atoms with E-state index in [2.05, 4.69) is 15.5 Å². The SMILES string of the molecule is O=C(NCc1cccnn1)c1cc([N+](=O)[O-])ccc1I. The Morgan fingerprint density at radius 3 is 2.85 bits per heavy atom. The van der Waals surface area contributed by atoms with Crippen LogP contribution in [0, 0.1) is 13.7 Å². The number of amides is 1. The minimum absolute atomic E-state index is 0.116. The van der Waals surface area contributed by atoms with Crippen LogP contribution in [0.2, 0.25) is 0 Å². The monoisotopic (exact) mass is 384 g/mol. The Labute approximate surface area is 127 Å². The lowest BCUT2D eigenvalue weighted by Crippen LogP contribution is -2.24. The fraction of sp³-hybridized carbons (Fsp3) is 0.0833. The predicted octanol–water partition coefficient (Wildman–Crippen LogP) is 1.92. The lowest BCUT2D eigenvalue weighted by atomic mass is 10.2. The van der Waals surface area contributed by atoms with Crippen LogP contribution in [0.1, 0.15) is 16.1 Å². The third-order valence-corrected chi connectivity index (χ3v) is 3.40. The summed E-state index contributed by atoms with van der Waals surface area (Å²) in [6.45, 7) is 0.214. The Kier molecular flexibility index (Phi) is 4.56. The standard InChI is InChI=1S/C12H9IN4O3/c13-11-4-3-9(17(19)20)6-10(11)12(18)14-7-8-2-1-5-15-16-8/h1-6H,7H2,(H,14,18). The molecule has 7 nitrogen and oxygen atoms in total. The van der Waals surface area contributed by atoms with Gasteiger partial charge in [-0.2, -0.15) is 10.2 Å². The third-order valence-electron chi connectivity index (χ3n) is 2.46. The molecule has 0 saturated heterocycles. The van der Waals surface area contributed by atoms with Crippen molar-refractivity contribution in [2.75, 3.05) is 0 Å². The van der Waals surface area contributed by atoms with E-state index >= 15 is 0 Å². The summed E-state index contributed by atoms with van der Waals surface area (Å²) >= 11 is 1.96. The molecule has 20 heavy (non-hydrogen) atoms. The molecule has 0 aliphatic heterocycles. The van der Waals surface area contributed by atoms with Gasteiger partial charge in [-0.15, -0.1) is 0 Å². The minimum atomic E-state index is -0.532. The number of aromatic nitrogens is 2. The highest BCUT2D eigenvalue weighted by molar-refractivity contribution is 14.1. The van der Waals surface area contributed by atoms with Crippen molar-refractivity contribution in [3.8, 4) is 0 Å². The second kappa shape index (κ2) is 6.37. The zero-order chi connectivity index (χ0) is 14.5. The number of hydrogen-bond donors (Lipinski definition) is 1. The van der Waals surface area contributed by atoms with Crippen LogP contribution in [0.3, 0.4) is 0 Å². The molecule has 1 N–H and O–H groups in total. The van der Waals surface area contributed by atoms with Crippen molar-refractivity contribution in [1.82, 2.24) is 15.5 Å². The topological polar surface area (TPSA) is 98.0 Å². The molecule has 0 unspecified atom stereocenters. The van der Waals surface area contributed by atoms with Gasteiger partial charge in [0.1, 0.15) is 0 Å². The number of non-ortho nitro benzene ring substituents is 1. The maximum atomic E-state index is 12.0. The average Bonchev–Trinajstić information content (AvgIpc) is 2.46. The molecule has 0 atom stereocenters. The summed E-state index contributed by atoms with van der Waals surface area (Å²) in [5.74, 6) is -0.385. The number of nitrogens with one attached hydrogen (secondary N) is 1. The summed E-state index contributed by atoms with van der Waals surface area (Å²) in [4.78, 5) is 22.2. The molecule has 8 heteroatoms. The molecular weight excluding hydrogens is 375 g/mol. The van der Waals surface area contributed by atoms with Crippen molar-refractivity contribution in [1.29, 1.82) is 0 Å². The van der Waals surface area contributed by atoms with E-state index in [-0.39, 0.29) is 23.7 Å². The zero-order valence-electron chi connectivity index (χ0n) is 10.1. The quantitative estimate of drug-likeness (QED) is 0.494. The van der Waals surface area contributed by atoms with E-state index in [1.165, 1.54) is 24.4 Å². The highest BCUT2D eigenvalue weighted by Crippen LogP contribution is 2.19. The van der Waals surface area contributed by atoms with Crippen LogP contribution >= 0.6 is 22.6 Å². The molecular formula is C12H9IN4O3. The Morgan fingerprint density at radius 1 is 1.40 bits per heavy atom. The van der Waals surface area contributed by atoms with E-state index in [0.717, 1.165) is 0 Å². The van der Waals surface area contributed by atoms with Gasteiger partial charge in [0.05, 0.1) is 22.7 Å². The van der Waals surface area contributed by atoms with Gasteiger partial charge in [0.2, 0.25) is 0 Å². The maximum absolute atomic E-state index is 12.0. The molecule has 0 spiro atoms. The molecule has 0 aliphatic rings. The van der Waals surface area contributed by atoms with Crippen LogP contribution < -0.4 is 5.32 Å². The van der Waals surface area contributed by atoms with Crippen molar-refractivity contribution in [2.24, 2.45) is 0 Å². The fourth-order valence-corrected chi connectivity index (χ4v) is 2.08. The predicted molar refractivity (Wildman–Crippen MR) is 79.0 cm³/mol. The Bertz CT molecular complexity index is 648. The highest BCUT2D eigenvalue weighted by Gasteiger charge is 2.15. The van der Waals surface area contributed by atoms with Crippen molar-refractivity contribution in [3.05, 3.63) is 61.5 Å². The van der Waals surface area contributed by atoms with Gasteiger partial charge in [0.15, 0.2) is 0 Å². The Morgan fingerprint density at radius 2 is 2.20 bits per heavy atom. The van der Waals surface area contributed by atoms with Crippen LogP contribution in [0.15, 0.2) is 36.5 Å². The number of carbonyl (C=O) groups is 1. The summed E-state index contributed by atoms with van der Waals surface area (Å²) in [5.41, 5.74) is 0.764. The molecule has 0 aliphatic carbocycles. The number of benzene rings is 1. The summed E-state index contributed by atoms with van der Waals surface area (Å²) in [7, 11) is 0. The summed E-state index contributed by atoms with van der Waals surface area (Å²) < 4.78 is 0.643. The van der Waals surface area contributed by atoms with E-state index in [0.29, 0.717) is 9.26 Å². The van der Waals surface area contributed by atoms with Crippen molar-refractivity contribution < 1.29 is 9.72 Å². The Hall–Kier alpha value is -2.10. The van der Waals surface area contributed by atoms with E-state index in [1.54, 1.807) is 12.1 Å². The second-order valence-electron chi connectivity index (χ2n) is 3.82. The molecule has 1 heterocycles. The molecule has 102 valence electrons. The normalized spacial score (nSPS) is 10.1. The number of nitrogens with zero attached hydrogens (tertiary/aromatic N) is 3. The molecule has 1 aromatic carbocycles. The van der Waals surface area contributed by atoms with Gasteiger partial charge in [-0.05, 0) is 40.8 Å². The van der Waals surface area contributed by atoms with E-state index in [9.17, 15) is 14.9 Å². The molecule has 0 bridgehead atoms. The first-order chi connectivity index (χ1) is 9.58. The van der Waals surface area contributed by atoms with E-state index in [1.807, 2.05) is 22.6 Å². The van der Waals surface area contributed by atoms with Gasteiger partial charge >= 0.3 is 0 Å². The molecule has 1 amide bonds. The van der Waals surface area contributed by atoms with Crippen LogP contribution in [0.5, 0.6) is 0 Å². The number of halogens is 1. The van der Waals surface area contributed by atoms with Gasteiger partial charge in [-0.3, -0.25) is 14.9 Å². The maximum Gasteiger partial charge on any atom is 0.270 e. The van der Waals surface area contributed by atoms with Crippen LogP contribution in [0.4, 0.5) is 5.69 Å². The summed E-state index contributed by atoms with van der Waals surface area (Å²) in [6, 6.07) is 7.60. The van der Waals surface area contributed by atoms with Crippen LogP contribution in [-0.4, -0.2) is 21.0 Å². The fourth-order valence-electron chi connectivity index (χ4n) is 1.49. The van der Waals surface area contributed by atoms with E-state index in [4.69, 9.17) is 0 Å². The molecule has 2 rings (SSSR count). The van der Waals surface area contributed by atoms with E-state index < -0.39 is 4.92 Å². The largest absolute Gasteiger partial charge is 0.346 e. The van der Waals surface area contributed by atoms with Crippen molar-refractivity contribution >= 4 is 34.2 Å². The first-order valence-corrected chi connectivity index (χ1v) is 6.64. The first kappa shape index (κ1) is 14.3. The highest BCUT2D eigenvalue weighted by atomic mass is 127. The number of nitro benzene ring substituents is 1. The van der Waals surface area contributed by atoms with Gasteiger partial charge in [0, 0.05) is 21.9 Å². The van der Waals surface area contributed by atoms with Gasteiger partial charge < -0.3 is 5.32 Å². The summed E-state index contributed by atoms with van der Waals surface area (Å²) in [5, 5.41) is 20.9. The van der Waals surface area contributed by atoms with Gasteiger partial charge in [-0.1, -0.05) is 0 Å². The third kappa shape index (κ3) is 3.47. The number of rotatable bonds is 4. The molecule has 0 fully saturated rings. The van der Waals surface area contributed by atoms with Crippen molar-refractivity contribution in [3.63, 3.8) is 0 Å². The zero-order valence-corrected chi connectivity index (χ0v) is 12.3. The molecule has 0 saturated carbocycles. The number of carbonyl (C=O) groups excluding carboxylic acids is 1. The lowest BCUT2D eigenvalue weighted by Gasteiger charge is -2.06. The summed E-state index contributed by atoms with van der Waals surface area (Å²) in [6.07, 6.45) is 1.54. The van der Waals surface area contributed by atoms with Gasteiger partial charge in [-0.25, -0.2) is 0 Å². The lowest BCUT2D eigenvalue weighted by molar-refractivity contribution is -0.384. The molecule has 1 aromatic heterocycles. The first-order valence-electron chi connectivity index (χ1n) is 5.56. The van der Waals surface area contributed by atoms with Crippen LogP contribution in [-0.2, 0) is 6.54 Å². The minimum Gasteiger partial charge on any atom is -0.346 e. The number of nitro groups is 1. The Balaban J connectivity index is 2.13. The average molecular weight is 384 g/mol. The van der Waals surface area contributed by atoms with Crippen molar-refractivity contribution in [2.45, 2.75) is 6.54 Å². The smallest absolute Gasteiger partial charge is 0.270 e.